The molecule has 1 rings (SSSR count). The van der Waals surface area contributed by atoms with E-state index < -0.39 is 24.2 Å². The molecule has 1 aliphatic carbocycles. The van der Waals surface area contributed by atoms with E-state index in [1.165, 1.54) is 0 Å². The van der Waals surface area contributed by atoms with Crippen LogP contribution in [0.25, 0.3) is 0 Å². The van der Waals surface area contributed by atoms with Gasteiger partial charge in [0.25, 0.3) is 0 Å². The van der Waals surface area contributed by atoms with E-state index in [2.05, 4.69) is 5.32 Å². The van der Waals surface area contributed by atoms with Crippen LogP contribution in [0.15, 0.2) is 0 Å². The number of amides is 1. The Kier molecular flexibility index (Phi) is 3.28. The maximum atomic E-state index is 12.1. The Morgan fingerprint density at radius 3 is 2.27 bits per heavy atom. The van der Waals surface area contributed by atoms with Gasteiger partial charge in [-0.2, -0.15) is 13.2 Å². The van der Waals surface area contributed by atoms with Gasteiger partial charge in [-0.1, -0.05) is 6.92 Å². The fourth-order valence-corrected chi connectivity index (χ4v) is 1.85. The molecule has 15 heavy (non-hydrogen) atoms. The number of nitrogens with one attached hydrogen (secondary N) is 1. The van der Waals surface area contributed by atoms with Crippen molar-refractivity contribution in [1.29, 1.82) is 0 Å². The summed E-state index contributed by atoms with van der Waals surface area (Å²) in [4.78, 5) is 11.2. The van der Waals surface area contributed by atoms with Crippen molar-refractivity contribution in [2.45, 2.75) is 37.9 Å². The monoisotopic (exact) mass is 224 g/mol. The first-order valence-electron chi connectivity index (χ1n) is 4.93. The van der Waals surface area contributed by atoms with Crippen LogP contribution in [-0.4, -0.2) is 24.2 Å². The molecule has 3 nitrogen and oxygen atoms in total. The lowest BCUT2D eigenvalue weighted by molar-refractivity contribution is -0.137. The molecular weight excluding hydrogens is 209 g/mol. The minimum Gasteiger partial charge on any atom is -0.368 e. The number of hydrogen-bond acceptors (Lipinski definition) is 2. The molecule has 0 heterocycles. The minimum atomic E-state index is -4.31. The highest BCUT2D eigenvalue weighted by atomic mass is 19.4. The molecule has 3 N–H and O–H groups in total. The Balaban J connectivity index is 2.68. The number of halogens is 3. The van der Waals surface area contributed by atoms with E-state index in [-0.39, 0.29) is 5.92 Å². The molecule has 1 aliphatic rings. The predicted molar refractivity (Wildman–Crippen MR) is 49.0 cm³/mol. The van der Waals surface area contributed by atoms with Crippen molar-refractivity contribution in [1.82, 2.24) is 5.32 Å². The number of rotatable bonds is 5. The number of carbonyl (C=O) groups excluding carboxylic acids is 1. The standard InChI is InChI=1S/C9H15F3N2O/c1-2-8(7(13)15,6-3-4-6)14-5-9(10,11)12/h6,14H,2-5H2,1H3,(H2,13,15). The highest BCUT2D eigenvalue weighted by molar-refractivity contribution is 5.85. The van der Waals surface area contributed by atoms with Crippen molar-refractivity contribution < 1.29 is 18.0 Å². The average Bonchev–Trinajstić information content (AvgIpc) is 2.87. The van der Waals surface area contributed by atoms with E-state index in [1.807, 2.05) is 0 Å². The molecule has 0 bridgehead atoms. The van der Waals surface area contributed by atoms with Crippen molar-refractivity contribution in [3.63, 3.8) is 0 Å². The largest absolute Gasteiger partial charge is 0.401 e. The van der Waals surface area contributed by atoms with Crippen LogP contribution in [0.4, 0.5) is 13.2 Å². The highest BCUT2D eigenvalue weighted by Crippen LogP contribution is 2.41. The van der Waals surface area contributed by atoms with Gasteiger partial charge < -0.3 is 5.73 Å². The summed E-state index contributed by atoms with van der Waals surface area (Å²) >= 11 is 0. The first-order valence-corrected chi connectivity index (χ1v) is 4.93. The predicted octanol–water partition coefficient (Wildman–Crippen LogP) is 1.18. The Bertz CT molecular complexity index is 250. The third-order valence-corrected chi connectivity index (χ3v) is 2.88. The first kappa shape index (κ1) is 12.3. The molecule has 0 aromatic carbocycles. The van der Waals surface area contributed by atoms with Gasteiger partial charge in [0.05, 0.1) is 6.54 Å². The Morgan fingerprint density at radius 1 is 1.47 bits per heavy atom. The molecular formula is C9H15F3N2O. The molecule has 1 unspecified atom stereocenters. The lowest BCUT2D eigenvalue weighted by Crippen LogP contribution is -2.58. The van der Waals surface area contributed by atoms with Gasteiger partial charge in [-0.3, -0.25) is 10.1 Å². The number of primary amides is 1. The number of hydrogen-bond donors (Lipinski definition) is 2. The van der Waals surface area contributed by atoms with Gasteiger partial charge >= 0.3 is 6.18 Å². The zero-order chi connectivity index (χ0) is 11.7. The lowest BCUT2D eigenvalue weighted by Gasteiger charge is -2.31. The Hall–Kier alpha value is -0.780. The number of nitrogens with two attached hydrogens (primary N) is 1. The van der Waals surface area contributed by atoms with Crippen molar-refractivity contribution in [3.8, 4) is 0 Å². The van der Waals surface area contributed by atoms with Crippen LogP contribution in [0.2, 0.25) is 0 Å². The summed E-state index contributed by atoms with van der Waals surface area (Å²) in [6.45, 7) is 0.507. The van der Waals surface area contributed by atoms with Crippen LogP contribution >= 0.6 is 0 Å². The van der Waals surface area contributed by atoms with Crippen LogP contribution in [0.1, 0.15) is 26.2 Å². The van der Waals surface area contributed by atoms with E-state index in [0.29, 0.717) is 6.42 Å². The summed E-state index contributed by atoms with van der Waals surface area (Å²) in [5, 5.41) is 2.28. The smallest absolute Gasteiger partial charge is 0.368 e. The quantitative estimate of drug-likeness (QED) is 0.736. The fourth-order valence-electron chi connectivity index (χ4n) is 1.85. The maximum absolute atomic E-state index is 12.1. The van der Waals surface area contributed by atoms with Crippen molar-refractivity contribution in [2.24, 2.45) is 11.7 Å². The molecule has 0 aromatic heterocycles. The molecule has 0 saturated heterocycles. The SMILES string of the molecule is CCC(NCC(F)(F)F)(C(N)=O)C1CC1. The Morgan fingerprint density at radius 2 is 2.00 bits per heavy atom. The summed E-state index contributed by atoms with van der Waals surface area (Å²) in [6.07, 6.45) is -2.49. The van der Waals surface area contributed by atoms with Gasteiger partial charge in [-0.25, -0.2) is 0 Å². The summed E-state index contributed by atoms with van der Waals surface area (Å²) in [5.74, 6) is -0.723. The van der Waals surface area contributed by atoms with Gasteiger partial charge in [0.1, 0.15) is 5.54 Å². The van der Waals surface area contributed by atoms with Gasteiger partial charge in [0.2, 0.25) is 5.91 Å². The van der Waals surface area contributed by atoms with E-state index in [0.717, 1.165) is 12.8 Å². The third kappa shape index (κ3) is 2.84. The molecule has 1 amide bonds. The van der Waals surface area contributed by atoms with Gasteiger partial charge in [0, 0.05) is 0 Å². The zero-order valence-electron chi connectivity index (χ0n) is 8.53. The van der Waals surface area contributed by atoms with Crippen molar-refractivity contribution in [2.75, 3.05) is 6.54 Å². The topological polar surface area (TPSA) is 55.1 Å². The number of carbonyl (C=O) groups is 1. The molecule has 1 fully saturated rings. The molecule has 0 radical (unpaired) electrons. The molecule has 0 spiro atoms. The van der Waals surface area contributed by atoms with Crippen LogP contribution in [0, 0.1) is 5.92 Å². The zero-order valence-corrected chi connectivity index (χ0v) is 8.53. The molecule has 0 aliphatic heterocycles. The fraction of sp³-hybridized carbons (Fsp3) is 0.889. The summed E-state index contributed by atoms with van der Waals surface area (Å²) in [5.41, 5.74) is 4.01. The third-order valence-electron chi connectivity index (χ3n) is 2.88. The molecule has 88 valence electrons. The summed E-state index contributed by atoms with van der Waals surface area (Å²) in [7, 11) is 0. The first-order chi connectivity index (χ1) is 6.82. The second-order valence-electron chi connectivity index (χ2n) is 3.93. The van der Waals surface area contributed by atoms with Crippen LogP contribution < -0.4 is 11.1 Å². The highest BCUT2D eigenvalue weighted by Gasteiger charge is 2.49. The van der Waals surface area contributed by atoms with E-state index in [9.17, 15) is 18.0 Å². The second kappa shape index (κ2) is 4.00. The Labute approximate surface area is 86.2 Å². The molecule has 1 saturated carbocycles. The van der Waals surface area contributed by atoms with E-state index in [1.54, 1.807) is 6.92 Å². The van der Waals surface area contributed by atoms with Crippen molar-refractivity contribution in [3.05, 3.63) is 0 Å². The number of alkyl halides is 3. The lowest BCUT2D eigenvalue weighted by atomic mass is 9.89. The van der Waals surface area contributed by atoms with E-state index in [4.69, 9.17) is 5.73 Å². The van der Waals surface area contributed by atoms with Crippen LogP contribution in [0.3, 0.4) is 0 Å². The maximum Gasteiger partial charge on any atom is 0.401 e. The minimum absolute atomic E-state index is 0.0395. The summed E-state index contributed by atoms with van der Waals surface area (Å²) in [6, 6.07) is 0. The van der Waals surface area contributed by atoms with Crippen LogP contribution in [-0.2, 0) is 4.79 Å². The average molecular weight is 224 g/mol. The van der Waals surface area contributed by atoms with Crippen molar-refractivity contribution >= 4 is 5.91 Å². The van der Waals surface area contributed by atoms with Gasteiger partial charge in [-0.15, -0.1) is 0 Å². The summed E-state index contributed by atoms with van der Waals surface area (Å²) < 4.78 is 36.2. The van der Waals surface area contributed by atoms with Gasteiger partial charge in [-0.05, 0) is 25.2 Å². The van der Waals surface area contributed by atoms with Gasteiger partial charge in [0.15, 0.2) is 0 Å². The molecule has 6 heteroatoms. The normalized spacial score (nSPS) is 21.1. The molecule has 0 aromatic rings. The van der Waals surface area contributed by atoms with E-state index >= 15 is 0 Å². The second-order valence-corrected chi connectivity index (χ2v) is 3.93. The van der Waals surface area contributed by atoms with Crippen LogP contribution in [0.5, 0.6) is 0 Å². The molecule has 1 atom stereocenters.